The van der Waals surface area contributed by atoms with Crippen molar-refractivity contribution in [2.75, 3.05) is 12.4 Å². The second-order valence-electron chi connectivity index (χ2n) is 5.93. The molecule has 1 N–H and O–H groups in total. The molecule has 0 aliphatic carbocycles. The summed E-state index contributed by atoms with van der Waals surface area (Å²) < 4.78 is 26.9. The quantitative estimate of drug-likeness (QED) is 0.549. The van der Waals surface area contributed by atoms with Gasteiger partial charge in [0.15, 0.2) is 5.75 Å². The summed E-state index contributed by atoms with van der Waals surface area (Å²) in [6.07, 6.45) is 4.74. The van der Waals surface area contributed by atoms with Crippen LogP contribution in [0.2, 0.25) is 0 Å². The standard InChI is InChI=1S/C19H17FN6O2/c1-12-15(7-4-8-21-12)28-17-10-23-19(26-11-24-25-18(17)26)22-9-13-14(20)5-3-6-16(13)27-2/h3-8,10-11H,9H2,1-2H3,(H,22,23). The van der Waals surface area contributed by atoms with E-state index in [-0.39, 0.29) is 12.4 Å². The molecule has 9 heteroatoms. The van der Waals surface area contributed by atoms with Crippen LogP contribution in [0.25, 0.3) is 5.65 Å². The summed E-state index contributed by atoms with van der Waals surface area (Å²) in [7, 11) is 1.50. The van der Waals surface area contributed by atoms with E-state index in [1.165, 1.54) is 25.7 Å². The van der Waals surface area contributed by atoms with Crippen LogP contribution in [-0.4, -0.2) is 31.7 Å². The molecule has 0 aliphatic heterocycles. The van der Waals surface area contributed by atoms with Crippen molar-refractivity contribution in [2.24, 2.45) is 0 Å². The van der Waals surface area contributed by atoms with Crippen molar-refractivity contribution in [2.45, 2.75) is 13.5 Å². The molecule has 142 valence electrons. The lowest BCUT2D eigenvalue weighted by atomic mass is 10.2. The van der Waals surface area contributed by atoms with Crippen LogP contribution in [-0.2, 0) is 6.54 Å². The first kappa shape index (κ1) is 17.7. The van der Waals surface area contributed by atoms with E-state index in [9.17, 15) is 4.39 Å². The normalized spacial score (nSPS) is 10.8. The lowest BCUT2D eigenvalue weighted by Crippen LogP contribution is -2.09. The first-order valence-electron chi connectivity index (χ1n) is 8.51. The summed E-state index contributed by atoms with van der Waals surface area (Å²) in [5, 5.41) is 11.1. The molecule has 0 radical (unpaired) electrons. The number of nitrogens with one attached hydrogen (secondary N) is 1. The van der Waals surface area contributed by atoms with Crippen molar-refractivity contribution in [1.82, 2.24) is 24.6 Å². The minimum atomic E-state index is -0.362. The minimum Gasteiger partial charge on any atom is -0.496 e. The summed E-state index contributed by atoms with van der Waals surface area (Å²) >= 11 is 0. The van der Waals surface area contributed by atoms with Gasteiger partial charge in [-0.2, -0.15) is 0 Å². The van der Waals surface area contributed by atoms with Crippen LogP contribution in [0.15, 0.2) is 49.1 Å². The zero-order valence-corrected chi connectivity index (χ0v) is 15.3. The fourth-order valence-corrected chi connectivity index (χ4v) is 2.77. The first-order valence-corrected chi connectivity index (χ1v) is 8.51. The zero-order chi connectivity index (χ0) is 19.5. The van der Waals surface area contributed by atoms with E-state index < -0.39 is 0 Å². The van der Waals surface area contributed by atoms with Gasteiger partial charge in [-0.25, -0.2) is 13.8 Å². The van der Waals surface area contributed by atoms with E-state index in [1.807, 2.05) is 13.0 Å². The molecule has 3 aromatic heterocycles. The van der Waals surface area contributed by atoms with Crippen molar-refractivity contribution in [3.8, 4) is 17.2 Å². The molecule has 0 unspecified atom stereocenters. The van der Waals surface area contributed by atoms with Gasteiger partial charge in [-0.3, -0.25) is 4.98 Å². The van der Waals surface area contributed by atoms with Gasteiger partial charge >= 0.3 is 0 Å². The van der Waals surface area contributed by atoms with Crippen molar-refractivity contribution in [1.29, 1.82) is 0 Å². The Bertz CT molecular complexity index is 1130. The van der Waals surface area contributed by atoms with E-state index in [1.54, 1.807) is 28.8 Å². The molecule has 4 aromatic rings. The van der Waals surface area contributed by atoms with Crippen LogP contribution in [0.3, 0.4) is 0 Å². The van der Waals surface area contributed by atoms with Crippen LogP contribution in [0.4, 0.5) is 10.3 Å². The number of aryl methyl sites for hydroxylation is 1. The maximum atomic E-state index is 14.1. The van der Waals surface area contributed by atoms with E-state index in [4.69, 9.17) is 9.47 Å². The fraction of sp³-hybridized carbons (Fsp3) is 0.158. The van der Waals surface area contributed by atoms with Gasteiger partial charge in [0.25, 0.3) is 0 Å². The van der Waals surface area contributed by atoms with Gasteiger partial charge in [0, 0.05) is 18.3 Å². The van der Waals surface area contributed by atoms with Crippen molar-refractivity contribution < 1.29 is 13.9 Å². The highest BCUT2D eigenvalue weighted by Crippen LogP contribution is 2.28. The molecule has 3 heterocycles. The molecule has 0 fully saturated rings. The Kier molecular flexibility index (Phi) is 4.71. The lowest BCUT2D eigenvalue weighted by Gasteiger charge is -2.13. The largest absolute Gasteiger partial charge is 0.496 e. The zero-order valence-electron chi connectivity index (χ0n) is 15.3. The van der Waals surface area contributed by atoms with Crippen LogP contribution in [0.5, 0.6) is 17.2 Å². The molecule has 0 atom stereocenters. The molecule has 0 bridgehead atoms. The molecule has 1 aromatic carbocycles. The van der Waals surface area contributed by atoms with E-state index in [2.05, 4.69) is 25.5 Å². The summed E-state index contributed by atoms with van der Waals surface area (Å²) in [4.78, 5) is 8.57. The van der Waals surface area contributed by atoms with Crippen molar-refractivity contribution >= 4 is 11.6 Å². The second-order valence-corrected chi connectivity index (χ2v) is 5.93. The summed E-state index contributed by atoms with van der Waals surface area (Å²) in [5.41, 5.74) is 1.62. The molecular weight excluding hydrogens is 363 g/mol. The van der Waals surface area contributed by atoms with Gasteiger partial charge in [-0.1, -0.05) is 6.07 Å². The van der Waals surface area contributed by atoms with E-state index >= 15 is 0 Å². The van der Waals surface area contributed by atoms with Gasteiger partial charge in [-0.05, 0) is 31.2 Å². The summed E-state index contributed by atoms with van der Waals surface area (Å²) in [5.74, 6) is 1.58. The molecule has 0 aliphatic rings. The smallest absolute Gasteiger partial charge is 0.210 e. The number of pyridine rings is 1. The molecule has 0 amide bonds. The molecule has 0 saturated carbocycles. The van der Waals surface area contributed by atoms with Crippen molar-refractivity contribution in [3.05, 3.63) is 66.1 Å². The monoisotopic (exact) mass is 380 g/mol. The summed E-state index contributed by atoms with van der Waals surface area (Å²) in [6.45, 7) is 2.03. The number of fused-ring (bicyclic) bond motifs is 1. The number of hydrogen-bond acceptors (Lipinski definition) is 7. The Hall–Kier alpha value is -3.75. The molecule has 28 heavy (non-hydrogen) atoms. The molecular formula is C19H17FN6O2. The number of rotatable bonds is 6. The number of methoxy groups -OCH3 is 1. The Labute approximate surface area is 160 Å². The van der Waals surface area contributed by atoms with Crippen LogP contribution in [0, 0.1) is 12.7 Å². The Morgan fingerprint density at radius 1 is 1.11 bits per heavy atom. The number of aromatic nitrogens is 5. The number of benzene rings is 1. The average Bonchev–Trinajstić information content (AvgIpc) is 3.20. The highest BCUT2D eigenvalue weighted by atomic mass is 19.1. The van der Waals surface area contributed by atoms with E-state index in [0.717, 1.165) is 5.69 Å². The van der Waals surface area contributed by atoms with Gasteiger partial charge in [-0.15, -0.1) is 10.2 Å². The third kappa shape index (κ3) is 3.29. The highest BCUT2D eigenvalue weighted by molar-refractivity contribution is 5.57. The predicted octanol–water partition coefficient (Wildman–Crippen LogP) is 3.38. The minimum absolute atomic E-state index is 0.179. The number of ether oxygens (including phenoxy) is 2. The predicted molar refractivity (Wildman–Crippen MR) is 100 cm³/mol. The summed E-state index contributed by atoms with van der Waals surface area (Å²) in [6, 6.07) is 8.28. The van der Waals surface area contributed by atoms with Gasteiger partial charge in [0.1, 0.15) is 23.6 Å². The Balaban J connectivity index is 1.62. The van der Waals surface area contributed by atoms with Gasteiger partial charge in [0.05, 0.1) is 19.0 Å². The maximum Gasteiger partial charge on any atom is 0.210 e. The fourth-order valence-electron chi connectivity index (χ4n) is 2.77. The Morgan fingerprint density at radius 3 is 2.79 bits per heavy atom. The van der Waals surface area contributed by atoms with Crippen LogP contribution in [0.1, 0.15) is 11.3 Å². The maximum absolute atomic E-state index is 14.1. The lowest BCUT2D eigenvalue weighted by molar-refractivity contribution is 0.405. The van der Waals surface area contributed by atoms with Crippen molar-refractivity contribution in [3.63, 3.8) is 0 Å². The average molecular weight is 380 g/mol. The first-order chi connectivity index (χ1) is 13.7. The molecule has 0 saturated heterocycles. The molecule has 0 spiro atoms. The molecule has 8 nitrogen and oxygen atoms in total. The highest BCUT2D eigenvalue weighted by Gasteiger charge is 2.14. The number of hydrogen-bond donors (Lipinski definition) is 1. The van der Waals surface area contributed by atoms with Gasteiger partial charge in [0.2, 0.25) is 11.6 Å². The van der Waals surface area contributed by atoms with Crippen LogP contribution >= 0.6 is 0 Å². The van der Waals surface area contributed by atoms with Gasteiger partial charge < -0.3 is 14.8 Å². The second kappa shape index (κ2) is 7.47. The topological polar surface area (TPSA) is 86.5 Å². The third-order valence-corrected chi connectivity index (χ3v) is 4.20. The number of nitrogens with zero attached hydrogens (tertiary/aromatic N) is 5. The number of anilines is 1. The van der Waals surface area contributed by atoms with Crippen LogP contribution < -0.4 is 14.8 Å². The van der Waals surface area contributed by atoms with E-state index in [0.29, 0.717) is 34.4 Å². The Morgan fingerprint density at radius 2 is 1.96 bits per heavy atom. The number of halogens is 1. The molecule has 4 rings (SSSR count). The SMILES string of the molecule is COc1cccc(F)c1CNc1ncc(Oc2cccnc2C)c2nncn12. The third-order valence-electron chi connectivity index (χ3n) is 4.20.